The molecule has 3 N–H and O–H groups in total. The predicted octanol–water partition coefficient (Wildman–Crippen LogP) is 2.85. The molecule has 1 heterocycles. The fourth-order valence-corrected chi connectivity index (χ4v) is 3.09. The molecule has 1 fully saturated rings. The minimum Gasteiger partial charge on any atom is -0.342 e. The average Bonchev–Trinajstić information content (AvgIpc) is 2.66. The molecule has 0 aliphatic heterocycles. The highest BCUT2D eigenvalue weighted by molar-refractivity contribution is 5.79. The number of aryl methyl sites for hydroxylation is 2. The molecule has 1 aliphatic rings. The number of hydrogen-bond donors (Lipinski definition) is 2. The lowest BCUT2D eigenvalue weighted by Crippen LogP contribution is -2.39. The van der Waals surface area contributed by atoms with Crippen LogP contribution in [0.3, 0.4) is 0 Å². The molecule has 2 aromatic rings. The third kappa shape index (κ3) is 1.83. The number of nitrogens with one attached hydrogen (secondary N) is 1. The first-order valence-corrected chi connectivity index (χ1v) is 6.78. The van der Waals surface area contributed by atoms with Crippen LogP contribution >= 0.6 is 0 Å². The number of fused-ring (bicyclic) bond motifs is 1. The van der Waals surface area contributed by atoms with Crippen LogP contribution in [-0.2, 0) is 6.42 Å². The lowest BCUT2D eigenvalue weighted by atomic mass is 9.66. The minimum absolute atomic E-state index is 0.316. The minimum atomic E-state index is 0.316. The summed E-state index contributed by atoms with van der Waals surface area (Å²) >= 11 is 0. The predicted molar refractivity (Wildman–Crippen MR) is 74.6 cm³/mol. The van der Waals surface area contributed by atoms with Crippen molar-refractivity contribution in [2.24, 2.45) is 11.1 Å². The van der Waals surface area contributed by atoms with Gasteiger partial charge in [-0.05, 0) is 55.8 Å². The molecule has 0 bridgehead atoms. The van der Waals surface area contributed by atoms with E-state index in [0.29, 0.717) is 5.41 Å². The van der Waals surface area contributed by atoms with E-state index >= 15 is 0 Å². The lowest BCUT2D eigenvalue weighted by Gasteiger charge is -2.40. The number of nitrogens with two attached hydrogens (primary N) is 1. The van der Waals surface area contributed by atoms with Gasteiger partial charge in [0.15, 0.2) is 0 Å². The van der Waals surface area contributed by atoms with E-state index in [0.717, 1.165) is 29.8 Å². The molecule has 18 heavy (non-hydrogen) atoms. The molecule has 0 atom stereocenters. The van der Waals surface area contributed by atoms with Gasteiger partial charge in [0.2, 0.25) is 0 Å². The van der Waals surface area contributed by atoms with E-state index in [4.69, 9.17) is 10.7 Å². The Hall–Kier alpha value is -1.35. The molecular weight excluding hydrogens is 222 g/mol. The second-order valence-electron chi connectivity index (χ2n) is 5.90. The van der Waals surface area contributed by atoms with Crippen molar-refractivity contribution in [3.8, 4) is 0 Å². The van der Waals surface area contributed by atoms with Gasteiger partial charge in [-0.15, -0.1) is 0 Å². The fraction of sp³-hybridized carbons (Fsp3) is 0.533. The number of nitrogens with zero attached hydrogens (tertiary/aromatic N) is 1. The highest BCUT2D eigenvalue weighted by Crippen LogP contribution is 2.42. The SMILES string of the molecule is Cc1cc(C)c2nc(CC3(CN)CCC3)[nH]c2c1. The standard InChI is InChI=1S/C15H21N3/c1-10-6-11(2)14-12(7-10)17-13(18-14)8-15(9-16)4-3-5-15/h6-7H,3-5,8-9,16H2,1-2H3,(H,17,18). The van der Waals surface area contributed by atoms with E-state index in [1.54, 1.807) is 0 Å². The van der Waals surface area contributed by atoms with E-state index in [1.807, 2.05) is 0 Å². The third-order valence-corrected chi connectivity index (χ3v) is 4.36. The van der Waals surface area contributed by atoms with Crippen LogP contribution in [0.15, 0.2) is 12.1 Å². The van der Waals surface area contributed by atoms with Crippen LogP contribution in [0.5, 0.6) is 0 Å². The van der Waals surface area contributed by atoms with Gasteiger partial charge in [0.1, 0.15) is 5.82 Å². The van der Waals surface area contributed by atoms with Crippen molar-refractivity contribution in [2.45, 2.75) is 39.5 Å². The van der Waals surface area contributed by atoms with Crippen molar-refractivity contribution in [3.05, 3.63) is 29.1 Å². The van der Waals surface area contributed by atoms with E-state index in [2.05, 4.69) is 31.0 Å². The quantitative estimate of drug-likeness (QED) is 0.871. The molecule has 1 saturated carbocycles. The van der Waals surface area contributed by atoms with Gasteiger partial charge in [-0.25, -0.2) is 4.98 Å². The number of benzene rings is 1. The Morgan fingerprint density at radius 3 is 2.72 bits per heavy atom. The number of rotatable bonds is 3. The molecule has 1 aromatic carbocycles. The van der Waals surface area contributed by atoms with Crippen LogP contribution in [0.25, 0.3) is 11.0 Å². The Morgan fingerprint density at radius 1 is 1.33 bits per heavy atom. The number of hydrogen-bond acceptors (Lipinski definition) is 2. The summed E-state index contributed by atoms with van der Waals surface area (Å²) in [5.41, 5.74) is 11.1. The maximum absolute atomic E-state index is 5.92. The molecule has 0 amide bonds. The van der Waals surface area contributed by atoms with Crippen LogP contribution in [0.2, 0.25) is 0 Å². The topological polar surface area (TPSA) is 54.7 Å². The van der Waals surface area contributed by atoms with E-state index in [-0.39, 0.29) is 0 Å². The van der Waals surface area contributed by atoms with Crippen molar-refractivity contribution in [1.29, 1.82) is 0 Å². The zero-order valence-corrected chi connectivity index (χ0v) is 11.2. The average molecular weight is 243 g/mol. The van der Waals surface area contributed by atoms with Gasteiger partial charge in [0.25, 0.3) is 0 Å². The summed E-state index contributed by atoms with van der Waals surface area (Å²) in [5, 5.41) is 0. The number of aromatic nitrogens is 2. The zero-order chi connectivity index (χ0) is 12.8. The number of imidazole rings is 1. The molecule has 96 valence electrons. The number of H-pyrrole nitrogens is 1. The maximum Gasteiger partial charge on any atom is 0.107 e. The Bertz CT molecular complexity index is 573. The molecule has 3 heteroatoms. The third-order valence-electron chi connectivity index (χ3n) is 4.36. The summed E-state index contributed by atoms with van der Waals surface area (Å²) in [5.74, 6) is 1.10. The first-order chi connectivity index (χ1) is 8.62. The van der Waals surface area contributed by atoms with Crippen molar-refractivity contribution >= 4 is 11.0 Å². The fourth-order valence-electron chi connectivity index (χ4n) is 3.09. The highest BCUT2D eigenvalue weighted by Gasteiger charge is 2.36. The summed E-state index contributed by atoms with van der Waals surface area (Å²) in [7, 11) is 0. The van der Waals surface area contributed by atoms with Gasteiger partial charge >= 0.3 is 0 Å². The molecule has 0 radical (unpaired) electrons. The molecule has 0 spiro atoms. The molecule has 3 rings (SSSR count). The van der Waals surface area contributed by atoms with Gasteiger partial charge in [-0.2, -0.15) is 0 Å². The maximum atomic E-state index is 5.92. The van der Waals surface area contributed by atoms with Crippen molar-refractivity contribution < 1.29 is 0 Å². The zero-order valence-electron chi connectivity index (χ0n) is 11.2. The summed E-state index contributed by atoms with van der Waals surface area (Å²) in [6.07, 6.45) is 4.81. The van der Waals surface area contributed by atoms with Gasteiger partial charge < -0.3 is 10.7 Å². The largest absolute Gasteiger partial charge is 0.342 e. The first kappa shape index (κ1) is 11.7. The summed E-state index contributed by atoms with van der Waals surface area (Å²) in [6, 6.07) is 4.36. The molecular formula is C15H21N3. The van der Waals surface area contributed by atoms with Crippen molar-refractivity contribution in [1.82, 2.24) is 9.97 Å². The normalized spacial score (nSPS) is 17.9. The van der Waals surface area contributed by atoms with E-state index < -0.39 is 0 Å². The van der Waals surface area contributed by atoms with Crippen LogP contribution < -0.4 is 5.73 Å². The van der Waals surface area contributed by atoms with Gasteiger partial charge in [-0.1, -0.05) is 12.5 Å². The van der Waals surface area contributed by atoms with Gasteiger partial charge in [-0.3, -0.25) is 0 Å². The lowest BCUT2D eigenvalue weighted by molar-refractivity contribution is 0.142. The second kappa shape index (κ2) is 4.09. The summed E-state index contributed by atoms with van der Waals surface area (Å²) < 4.78 is 0. The van der Waals surface area contributed by atoms with Crippen LogP contribution in [-0.4, -0.2) is 16.5 Å². The molecule has 0 unspecified atom stereocenters. The Kier molecular flexibility index (Phi) is 2.67. The van der Waals surface area contributed by atoms with Crippen LogP contribution in [0.1, 0.15) is 36.2 Å². The molecule has 3 nitrogen and oxygen atoms in total. The molecule has 1 aromatic heterocycles. The summed E-state index contributed by atoms with van der Waals surface area (Å²) in [6.45, 7) is 5.03. The molecule has 1 aliphatic carbocycles. The van der Waals surface area contributed by atoms with Crippen LogP contribution in [0, 0.1) is 19.3 Å². The van der Waals surface area contributed by atoms with Crippen molar-refractivity contribution in [3.63, 3.8) is 0 Å². The highest BCUT2D eigenvalue weighted by atomic mass is 14.9. The van der Waals surface area contributed by atoms with E-state index in [1.165, 1.54) is 30.4 Å². The van der Waals surface area contributed by atoms with Gasteiger partial charge in [0, 0.05) is 6.42 Å². The monoisotopic (exact) mass is 243 g/mol. The second-order valence-corrected chi connectivity index (χ2v) is 5.90. The van der Waals surface area contributed by atoms with Gasteiger partial charge in [0.05, 0.1) is 11.0 Å². The van der Waals surface area contributed by atoms with Crippen LogP contribution in [0.4, 0.5) is 0 Å². The first-order valence-electron chi connectivity index (χ1n) is 6.78. The Balaban J connectivity index is 1.96. The Labute approximate surface area is 108 Å². The molecule has 0 saturated heterocycles. The number of aromatic amines is 1. The smallest absolute Gasteiger partial charge is 0.107 e. The van der Waals surface area contributed by atoms with Crippen molar-refractivity contribution in [2.75, 3.05) is 6.54 Å². The Morgan fingerprint density at radius 2 is 2.11 bits per heavy atom. The summed E-state index contributed by atoms with van der Waals surface area (Å²) in [4.78, 5) is 8.23. The van der Waals surface area contributed by atoms with E-state index in [9.17, 15) is 0 Å².